The minimum absolute atomic E-state index is 0.357. The highest BCUT2D eigenvalue weighted by atomic mass is 19.1. The number of benzene rings is 1. The van der Waals surface area contributed by atoms with Crippen LogP contribution in [0.25, 0.3) is 0 Å². The normalized spacial score (nSPS) is 12.2. The molecule has 0 aliphatic carbocycles. The molecule has 0 saturated carbocycles. The van der Waals surface area contributed by atoms with Crippen molar-refractivity contribution in [2.45, 2.75) is 19.4 Å². The molecule has 1 unspecified atom stereocenters. The fraction of sp³-hybridized carbons (Fsp3) is 0.417. The Hall–Kier alpha value is -1.42. The molecule has 1 N–H and O–H groups in total. The van der Waals surface area contributed by atoms with Crippen LogP contribution in [-0.2, 0) is 9.53 Å². The van der Waals surface area contributed by atoms with Gasteiger partial charge in [0.1, 0.15) is 11.9 Å². The molecule has 1 atom stereocenters. The predicted molar refractivity (Wildman–Crippen MR) is 59.5 cm³/mol. The molecule has 0 amide bonds. The van der Waals surface area contributed by atoms with Gasteiger partial charge in [-0.2, -0.15) is 0 Å². The number of hydrogen-bond acceptors (Lipinski definition) is 3. The summed E-state index contributed by atoms with van der Waals surface area (Å²) in [5.74, 6) is -0.760. The molecule has 88 valence electrons. The zero-order valence-electron chi connectivity index (χ0n) is 9.50. The minimum Gasteiger partial charge on any atom is -0.468 e. The number of hydrogen-bond donors (Lipinski definition) is 1. The topological polar surface area (TPSA) is 38.3 Å². The Labute approximate surface area is 94.6 Å². The zero-order chi connectivity index (χ0) is 12.0. The number of rotatable bonds is 5. The Morgan fingerprint density at radius 3 is 2.88 bits per heavy atom. The second kappa shape index (κ2) is 6.23. The Kier molecular flexibility index (Phi) is 4.92. The summed E-state index contributed by atoms with van der Waals surface area (Å²) < 4.78 is 17.7. The molecule has 1 aromatic rings. The Balaban J connectivity index is 2.87. The molecule has 0 heterocycles. The van der Waals surface area contributed by atoms with Crippen molar-refractivity contribution in [1.82, 2.24) is 5.32 Å². The number of ether oxygens (including phenoxy) is 1. The number of carbonyl (C=O) groups excluding carboxylic acids is 1. The van der Waals surface area contributed by atoms with Gasteiger partial charge < -0.3 is 10.1 Å². The van der Waals surface area contributed by atoms with E-state index in [1.165, 1.54) is 19.2 Å². The smallest absolute Gasteiger partial charge is 0.327 e. The number of esters is 1. The highest BCUT2D eigenvalue weighted by molar-refractivity contribution is 5.77. The van der Waals surface area contributed by atoms with Crippen LogP contribution in [0.3, 0.4) is 0 Å². The molecule has 0 saturated heterocycles. The Morgan fingerprint density at radius 2 is 2.31 bits per heavy atom. The number of methoxy groups -OCH3 is 1. The first-order valence-corrected chi connectivity index (χ1v) is 5.25. The van der Waals surface area contributed by atoms with Crippen molar-refractivity contribution in [3.05, 3.63) is 35.6 Å². The fourth-order valence-corrected chi connectivity index (χ4v) is 1.43. The first-order valence-electron chi connectivity index (χ1n) is 5.25. The predicted octanol–water partition coefficient (Wildman–Crippen LogP) is 2.04. The van der Waals surface area contributed by atoms with Gasteiger partial charge in [-0.3, -0.25) is 0 Å². The highest BCUT2D eigenvalue weighted by Crippen LogP contribution is 2.15. The zero-order valence-corrected chi connectivity index (χ0v) is 9.50. The van der Waals surface area contributed by atoms with E-state index >= 15 is 0 Å². The van der Waals surface area contributed by atoms with Crippen LogP contribution in [0.1, 0.15) is 24.9 Å². The van der Waals surface area contributed by atoms with Crippen LogP contribution >= 0.6 is 0 Å². The molecule has 4 heteroatoms. The lowest BCUT2D eigenvalue weighted by atomic mass is 10.1. The number of halogens is 1. The van der Waals surface area contributed by atoms with Crippen LogP contribution in [0.2, 0.25) is 0 Å². The van der Waals surface area contributed by atoms with Crippen LogP contribution in [0.4, 0.5) is 4.39 Å². The fourth-order valence-electron chi connectivity index (χ4n) is 1.43. The Bertz CT molecular complexity index is 355. The molecular weight excluding hydrogens is 209 g/mol. The molecule has 0 aliphatic rings. The first kappa shape index (κ1) is 12.6. The van der Waals surface area contributed by atoms with E-state index in [1.54, 1.807) is 12.1 Å². The number of carbonyl (C=O) groups is 1. The summed E-state index contributed by atoms with van der Waals surface area (Å²) in [7, 11) is 1.32. The van der Waals surface area contributed by atoms with Gasteiger partial charge in [0.05, 0.1) is 7.11 Å². The maximum Gasteiger partial charge on any atom is 0.327 e. The van der Waals surface area contributed by atoms with E-state index in [0.717, 1.165) is 6.42 Å². The molecule has 0 aromatic heterocycles. The molecule has 1 rings (SSSR count). The van der Waals surface area contributed by atoms with Crippen LogP contribution in [-0.4, -0.2) is 19.6 Å². The van der Waals surface area contributed by atoms with Crippen molar-refractivity contribution < 1.29 is 13.9 Å². The van der Waals surface area contributed by atoms with Crippen LogP contribution in [0, 0.1) is 5.82 Å². The van der Waals surface area contributed by atoms with E-state index < -0.39 is 12.0 Å². The summed E-state index contributed by atoms with van der Waals surface area (Å²) in [6.45, 7) is 2.67. The molecule has 3 nitrogen and oxygen atoms in total. The van der Waals surface area contributed by atoms with Crippen molar-refractivity contribution in [2.24, 2.45) is 0 Å². The summed E-state index contributed by atoms with van der Waals surface area (Å²) in [6, 6.07) is 5.37. The lowest BCUT2D eigenvalue weighted by Gasteiger charge is -2.16. The van der Waals surface area contributed by atoms with Crippen molar-refractivity contribution in [2.75, 3.05) is 13.7 Å². The lowest BCUT2D eigenvalue weighted by Crippen LogP contribution is -2.30. The van der Waals surface area contributed by atoms with Crippen LogP contribution < -0.4 is 5.32 Å². The van der Waals surface area contributed by atoms with Gasteiger partial charge in [-0.05, 0) is 30.7 Å². The lowest BCUT2D eigenvalue weighted by molar-refractivity contribution is -0.143. The van der Waals surface area contributed by atoms with Gasteiger partial charge in [0.2, 0.25) is 0 Å². The van der Waals surface area contributed by atoms with E-state index in [0.29, 0.717) is 12.1 Å². The van der Waals surface area contributed by atoms with E-state index in [4.69, 9.17) is 0 Å². The summed E-state index contributed by atoms with van der Waals surface area (Å²) in [5, 5.41) is 3.02. The highest BCUT2D eigenvalue weighted by Gasteiger charge is 2.20. The van der Waals surface area contributed by atoms with Crippen molar-refractivity contribution in [3.8, 4) is 0 Å². The summed E-state index contributed by atoms with van der Waals surface area (Å²) in [4.78, 5) is 11.5. The van der Waals surface area contributed by atoms with Crippen molar-refractivity contribution in [1.29, 1.82) is 0 Å². The SMILES string of the molecule is CCCNC(C(=O)OC)c1cccc(F)c1. The average molecular weight is 225 g/mol. The summed E-state index contributed by atoms with van der Waals surface area (Å²) in [5.41, 5.74) is 0.584. The van der Waals surface area contributed by atoms with Gasteiger partial charge in [-0.25, -0.2) is 9.18 Å². The maximum atomic E-state index is 13.0. The standard InChI is InChI=1S/C12H16FNO2/c1-3-7-14-11(12(15)16-2)9-5-4-6-10(13)8-9/h4-6,8,11,14H,3,7H2,1-2H3. The van der Waals surface area contributed by atoms with E-state index in [1.807, 2.05) is 6.92 Å². The second-order valence-electron chi connectivity index (χ2n) is 3.47. The quantitative estimate of drug-likeness (QED) is 0.779. The minimum atomic E-state index is -0.597. The van der Waals surface area contributed by atoms with Crippen molar-refractivity contribution >= 4 is 5.97 Å². The van der Waals surface area contributed by atoms with Gasteiger partial charge in [-0.1, -0.05) is 19.1 Å². The average Bonchev–Trinajstić information content (AvgIpc) is 2.29. The van der Waals surface area contributed by atoms with Gasteiger partial charge >= 0.3 is 5.97 Å². The van der Waals surface area contributed by atoms with Crippen LogP contribution in [0.15, 0.2) is 24.3 Å². The largest absolute Gasteiger partial charge is 0.468 e. The number of nitrogens with one attached hydrogen (secondary N) is 1. The first-order chi connectivity index (χ1) is 7.69. The van der Waals surface area contributed by atoms with Gasteiger partial charge in [0.25, 0.3) is 0 Å². The summed E-state index contributed by atoms with van der Waals surface area (Å²) in [6.07, 6.45) is 0.892. The third-order valence-electron chi connectivity index (χ3n) is 2.22. The third kappa shape index (κ3) is 3.31. The molecule has 1 aromatic carbocycles. The molecule has 0 bridgehead atoms. The molecule has 0 radical (unpaired) electrons. The molecule has 0 fully saturated rings. The Morgan fingerprint density at radius 1 is 1.56 bits per heavy atom. The van der Waals surface area contributed by atoms with Crippen molar-refractivity contribution in [3.63, 3.8) is 0 Å². The second-order valence-corrected chi connectivity index (χ2v) is 3.47. The third-order valence-corrected chi connectivity index (χ3v) is 2.22. The molecule has 16 heavy (non-hydrogen) atoms. The van der Waals surface area contributed by atoms with Gasteiger partial charge in [0, 0.05) is 0 Å². The van der Waals surface area contributed by atoms with Gasteiger partial charge in [0.15, 0.2) is 0 Å². The van der Waals surface area contributed by atoms with Crippen LogP contribution in [0.5, 0.6) is 0 Å². The van der Waals surface area contributed by atoms with E-state index in [-0.39, 0.29) is 5.82 Å². The molecule has 0 aliphatic heterocycles. The van der Waals surface area contributed by atoms with Gasteiger partial charge in [-0.15, -0.1) is 0 Å². The van der Waals surface area contributed by atoms with E-state index in [9.17, 15) is 9.18 Å². The maximum absolute atomic E-state index is 13.0. The molecular formula is C12H16FNO2. The van der Waals surface area contributed by atoms with E-state index in [2.05, 4.69) is 10.1 Å². The molecule has 0 spiro atoms. The monoisotopic (exact) mass is 225 g/mol. The summed E-state index contributed by atoms with van der Waals surface area (Å²) >= 11 is 0.